The van der Waals surface area contributed by atoms with Crippen molar-refractivity contribution in [2.45, 2.75) is 20.0 Å². The molecule has 0 saturated heterocycles. The largest absolute Gasteiger partial charge is 0.497 e. The van der Waals surface area contributed by atoms with Crippen molar-refractivity contribution in [1.82, 2.24) is 9.97 Å². The lowest BCUT2D eigenvalue weighted by molar-refractivity contribution is 0.102. The molecule has 0 spiro atoms. The Hall–Kier alpha value is -3.61. The molecule has 7 heteroatoms. The summed E-state index contributed by atoms with van der Waals surface area (Å²) in [5, 5.41) is 5.91. The van der Waals surface area contributed by atoms with Gasteiger partial charge < -0.3 is 20.1 Å². The van der Waals surface area contributed by atoms with Crippen LogP contribution >= 0.6 is 0 Å². The van der Waals surface area contributed by atoms with E-state index >= 15 is 0 Å². The highest BCUT2D eigenvalue weighted by atomic mass is 16.5. The molecule has 28 heavy (non-hydrogen) atoms. The lowest BCUT2D eigenvalue weighted by Crippen LogP contribution is -2.15. The zero-order valence-corrected chi connectivity index (χ0v) is 16.0. The van der Waals surface area contributed by atoms with Gasteiger partial charge in [0.15, 0.2) is 0 Å². The molecular weight excluding hydrogens is 356 g/mol. The summed E-state index contributed by atoms with van der Waals surface area (Å²) >= 11 is 0. The number of nitrogens with zero attached hydrogens (tertiary/aromatic N) is 2. The van der Waals surface area contributed by atoms with Gasteiger partial charge in [0.25, 0.3) is 5.91 Å². The van der Waals surface area contributed by atoms with Crippen molar-refractivity contribution in [3.63, 3.8) is 0 Å². The number of methoxy groups -OCH3 is 1. The van der Waals surface area contributed by atoms with E-state index in [1.54, 1.807) is 13.2 Å². The van der Waals surface area contributed by atoms with Gasteiger partial charge in [0.1, 0.15) is 11.5 Å². The number of hydrogen-bond donors (Lipinski definition) is 2. The average molecular weight is 378 g/mol. The number of carbonyl (C=O) groups is 1. The number of hydrogen-bond acceptors (Lipinski definition) is 6. The number of carbonyl (C=O) groups excluding carboxylic acids is 1. The second-order valence-corrected chi connectivity index (χ2v) is 6.27. The van der Waals surface area contributed by atoms with Gasteiger partial charge >= 0.3 is 0 Å². The Morgan fingerprint density at radius 2 is 1.68 bits per heavy atom. The molecule has 0 aliphatic rings. The van der Waals surface area contributed by atoms with Crippen molar-refractivity contribution in [2.75, 3.05) is 17.7 Å². The van der Waals surface area contributed by atoms with Crippen LogP contribution in [0.5, 0.6) is 11.5 Å². The van der Waals surface area contributed by atoms with Crippen molar-refractivity contribution >= 4 is 23.2 Å². The maximum absolute atomic E-state index is 12.5. The minimum Gasteiger partial charge on any atom is -0.497 e. The molecule has 0 radical (unpaired) electrons. The molecule has 0 saturated carbocycles. The number of ether oxygens (including phenoxy) is 2. The third-order valence-electron chi connectivity index (χ3n) is 3.76. The second kappa shape index (κ2) is 8.85. The van der Waals surface area contributed by atoms with Crippen molar-refractivity contribution in [1.29, 1.82) is 0 Å². The molecule has 3 rings (SSSR count). The van der Waals surface area contributed by atoms with E-state index < -0.39 is 0 Å². The zero-order chi connectivity index (χ0) is 19.9. The van der Waals surface area contributed by atoms with Crippen LogP contribution in [-0.2, 0) is 0 Å². The normalized spacial score (nSPS) is 10.4. The summed E-state index contributed by atoms with van der Waals surface area (Å²) < 4.78 is 10.8. The van der Waals surface area contributed by atoms with E-state index in [-0.39, 0.29) is 12.0 Å². The number of para-hydroxylation sites is 2. The van der Waals surface area contributed by atoms with Crippen molar-refractivity contribution < 1.29 is 14.3 Å². The van der Waals surface area contributed by atoms with E-state index in [1.165, 1.54) is 12.4 Å². The topological polar surface area (TPSA) is 85.4 Å². The number of anilines is 3. The number of nitrogens with one attached hydrogen (secondary N) is 2. The van der Waals surface area contributed by atoms with Gasteiger partial charge in [-0.05, 0) is 50.2 Å². The molecule has 1 amide bonds. The van der Waals surface area contributed by atoms with Crippen LogP contribution in [0.4, 0.5) is 17.3 Å². The summed E-state index contributed by atoms with van der Waals surface area (Å²) in [6, 6.07) is 14.7. The van der Waals surface area contributed by atoms with Crippen LogP contribution in [0.3, 0.4) is 0 Å². The van der Waals surface area contributed by atoms with Gasteiger partial charge in [-0.1, -0.05) is 12.1 Å². The van der Waals surface area contributed by atoms with Gasteiger partial charge in [-0.3, -0.25) is 4.79 Å². The number of rotatable bonds is 7. The second-order valence-electron chi connectivity index (χ2n) is 6.27. The lowest BCUT2D eigenvalue weighted by Gasteiger charge is -2.14. The van der Waals surface area contributed by atoms with Crippen molar-refractivity contribution in [3.05, 3.63) is 66.5 Å². The third-order valence-corrected chi connectivity index (χ3v) is 3.76. The first-order valence-electron chi connectivity index (χ1n) is 8.85. The standard InChI is InChI=1S/C21H22N4O3/c1-14(2)28-19-7-5-4-6-18(19)25-20(26)15-12-22-21(23-13-15)24-16-8-10-17(27-3)11-9-16/h4-14H,1-3H3,(H,25,26)(H,22,23,24). The van der Waals surface area contributed by atoms with Gasteiger partial charge in [-0.25, -0.2) is 9.97 Å². The Morgan fingerprint density at radius 3 is 2.32 bits per heavy atom. The molecule has 0 bridgehead atoms. The quantitative estimate of drug-likeness (QED) is 0.639. The summed E-state index contributed by atoms with van der Waals surface area (Å²) in [4.78, 5) is 20.9. The average Bonchev–Trinajstić information content (AvgIpc) is 2.70. The van der Waals surface area contributed by atoms with Crippen LogP contribution in [0.2, 0.25) is 0 Å². The highest BCUT2D eigenvalue weighted by Crippen LogP contribution is 2.25. The van der Waals surface area contributed by atoms with Gasteiger partial charge in [0.2, 0.25) is 5.95 Å². The fourth-order valence-electron chi connectivity index (χ4n) is 2.43. The minimum absolute atomic E-state index is 0.00435. The molecule has 0 aliphatic carbocycles. The Labute approximate surface area is 163 Å². The number of amides is 1. The molecular formula is C21H22N4O3. The van der Waals surface area contributed by atoms with E-state index in [0.29, 0.717) is 22.9 Å². The molecule has 1 heterocycles. The van der Waals surface area contributed by atoms with Gasteiger partial charge in [-0.15, -0.1) is 0 Å². The minimum atomic E-state index is -0.309. The van der Waals surface area contributed by atoms with Gasteiger partial charge in [-0.2, -0.15) is 0 Å². The van der Waals surface area contributed by atoms with Crippen LogP contribution in [0, 0.1) is 0 Å². The molecule has 7 nitrogen and oxygen atoms in total. The fourth-order valence-corrected chi connectivity index (χ4v) is 2.43. The Balaban J connectivity index is 1.67. The predicted octanol–water partition coefficient (Wildman–Crippen LogP) is 4.27. The smallest absolute Gasteiger partial charge is 0.258 e. The summed E-state index contributed by atoms with van der Waals surface area (Å²) in [5.74, 6) is 1.46. The summed E-state index contributed by atoms with van der Waals surface area (Å²) in [7, 11) is 1.61. The zero-order valence-electron chi connectivity index (χ0n) is 16.0. The first kappa shape index (κ1) is 19.2. The number of benzene rings is 2. The molecule has 0 fully saturated rings. The Morgan fingerprint density at radius 1 is 1.00 bits per heavy atom. The first-order chi connectivity index (χ1) is 13.5. The van der Waals surface area contributed by atoms with E-state index in [9.17, 15) is 4.79 Å². The number of aromatic nitrogens is 2. The Bertz CT molecular complexity index is 925. The van der Waals surface area contributed by atoms with Crippen molar-refractivity contribution in [3.8, 4) is 11.5 Å². The molecule has 144 valence electrons. The van der Waals surface area contributed by atoms with Crippen LogP contribution in [0.25, 0.3) is 0 Å². The fraction of sp³-hybridized carbons (Fsp3) is 0.190. The predicted molar refractivity (Wildman–Crippen MR) is 108 cm³/mol. The van der Waals surface area contributed by atoms with E-state index in [0.717, 1.165) is 11.4 Å². The van der Waals surface area contributed by atoms with E-state index in [1.807, 2.05) is 56.3 Å². The van der Waals surface area contributed by atoms with Crippen LogP contribution < -0.4 is 20.1 Å². The maximum atomic E-state index is 12.5. The van der Waals surface area contributed by atoms with E-state index in [2.05, 4.69) is 20.6 Å². The summed E-state index contributed by atoms with van der Waals surface area (Å²) in [5.41, 5.74) is 1.76. The highest BCUT2D eigenvalue weighted by Gasteiger charge is 2.12. The molecule has 2 N–H and O–H groups in total. The van der Waals surface area contributed by atoms with Crippen LogP contribution in [0.1, 0.15) is 24.2 Å². The van der Waals surface area contributed by atoms with Crippen LogP contribution in [0.15, 0.2) is 60.9 Å². The van der Waals surface area contributed by atoms with Crippen molar-refractivity contribution in [2.24, 2.45) is 0 Å². The SMILES string of the molecule is COc1ccc(Nc2ncc(C(=O)Nc3ccccc3OC(C)C)cn2)cc1. The first-order valence-corrected chi connectivity index (χ1v) is 8.85. The summed E-state index contributed by atoms with van der Waals surface area (Å²) in [6.45, 7) is 3.86. The molecule has 3 aromatic rings. The van der Waals surface area contributed by atoms with Gasteiger partial charge in [0, 0.05) is 18.1 Å². The molecule has 1 aromatic heterocycles. The Kier molecular flexibility index (Phi) is 6.06. The van der Waals surface area contributed by atoms with E-state index in [4.69, 9.17) is 9.47 Å². The molecule has 0 unspecified atom stereocenters. The highest BCUT2D eigenvalue weighted by molar-refractivity contribution is 6.04. The molecule has 0 atom stereocenters. The monoisotopic (exact) mass is 378 g/mol. The molecule has 0 aliphatic heterocycles. The lowest BCUT2D eigenvalue weighted by atomic mass is 10.2. The molecule has 2 aromatic carbocycles. The third kappa shape index (κ3) is 4.97. The van der Waals surface area contributed by atoms with Gasteiger partial charge in [0.05, 0.1) is 24.5 Å². The van der Waals surface area contributed by atoms with Crippen LogP contribution in [-0.4, -0.2) is 29.1 Å². The summed E-state index contributed by atoms with van der Waals surface area (Å²) in [6.07, 6.45) is 2.95. The maximum Gasteiger partial charge on any atom is 0.258 e.